The summed E-state index contributed by atoms with van der Waals surface area (Å²) in [6, 6.07) is 16.7. The Morgan fingerprint density at radius 3 is 2.21 bits per heavy atom. The van der Waals surface area contributed by atoms with Crippen molar-refractivity contribution in [3.05, 3.63) is 101 Å². The molecule has 0 radical (unpaired) electrons. The standard InChI is InChI=1S/C52H63F3N6O9/c1-31-42(69-30-58-31)33-14-12-32(13-15-33)27-57-45(65)40-24-36(62)28-61(40)46(66)43(49(2,3)4)59-41(63)29-67-22-10-9-11-23-68-37-19-16-34(17-20-37)44(64)60-47-50(5,6)48(51(47,7)8)70-38-21-18-35(26-56)39(25-38)52(53,54)55/h12-21,25,30,36,40,43,47-48,62H,9-11,22-24,27-29H2,1-8H3,(H,57,65)(H,59,63)(H,60,64)/t36-,40+,43-,47-,48-/m1/s1. The predicted octanol–water partition coefficient (Wildman–Crippen LogP) is 7.53. The zero-order valence-corrected chi connectivity index (χ0v) is 40.9. The molecule has 0 unspecified atom stereocenters. The molecule has 1 saturated carbocycles. The smallest absolute Gasteiger partial charge is 0.417 e. The summed E-state index contributed by atoms with van der Waals surface area (Å²) in [6.07, 6.45) is -2.63. The molecule has 2 heterocycles. The maximum absolute atomic E-state index is 14.0. The van der Waals surface area contributed by atoms with Gasteiger partial charge in [-0.2, -0.15) is 18.4 Å². The monoisotopic (exact) mass is 972 g/mol. The number of nitrogens with one attached hydrogen (secondary N) is 3. The number of alkyl halides is 3. The molecule has 1 aliphatic carbocycles. The number of aryl methyl sites for hydroxylation is 1. The number of amides is 4. The third-order valence-corrected chi connectivity index (χ3v) is 13.0. The number of unbranched alkanes of at least 4 members (excludes halogenated alkanes) is 2. The minimum Gasteiger partial charge on any atom is -0.494 e. The number of ether oxygens (including phenoxy) is 3. The van der Waals surface area contributed by atoms with Gasteiger partial charge in [0.15, 0.2) is 12.2 Å². The number of nitrogens with zero attached hydrogens (tertiary/aromatic N) is 3. The lowest BCUT2D eigenvalue weighted by Gasteiger charge is -2.63. The number of halogens is 3. The molecule has 376 valence electrons. The van der Waals surface area contributed by atoms with Gasteiger partial charge in [-0.3, -0.25) is 19.2 Å². The van der Waals surface area contributed by atoms with Crippen LogP contribution >= 0.6 is 0 Å². The molecular weight excluding hydrogens is 910 g/mol. The number of likely N-dealkylation sites (tertiary alicyclic amines) is 1. The zero-order chi connectivity index (χ0) is 51.2. The number of aromatic nitrogens is 1. The Morgan fingerprint density at radius 2 is 1.60 bits per heavy atom. The number of β-amino-alcohol motifs (C(OH)–C–C–N with tert-alkyl or cyclic N) is 1. The average molecular weight is 973 g/mol. The minimum absolute atomic E-state index is 0.0108. The van der Waals surface area contributed by atoms with Gasteiger partial charge in [-0.1, -0.05) is 72.7 Å². The van der Waals surface area contributed by atoms with Gasteiger partial charge in [0.05, 0.1) is 35.6 Å². The summed E-state index contributed by atoms with van der Waals surface area (Å²) < 4.78 is 63.8. The van der Waals surface area contributed by atoms with E-state index in [4.69, 9.17) is 23.9 Å². The Balaban J connectivity index is 0.885. The van der Waals surface area contributed by atoms with E-state index < -0.39 is 75.6 Å². The first-order valence-corrected chi connectivity index (χ1v) is 23.4. The number of hydrogen-bond acceptors (Lipinski definition) is 11. The van der Waals surface area contributed by atoms with Crippen LogP contribution in [0, 0.1) is 34.5 Å². The van der Waals surface area contributed by atoms with Crippen LogP contribution < -0.4 is 25.4 Å². The lowest BCUT2D eigenvalue weighted by molar-refractivity contribution is -0.164. The summed E-state index contributed by atoms with van der Waals surface area (Å²) in [4.78, 5) is 59.2. The second-order valence-corrected chi connectivity index (χ2v) is 20.3. The summed E-state index contributed by atoms with van der Waals surface area (Å²) in [7, 11) is 0. The van der Waals surface area contributed by atoms with E-state index in [2.05, 4.69) is 20.9 Å². The third kappa shape index (κ3) is 12.5. The number of oxazole rings is 1. The lowest BCUT2D eigenvalue weighted by atomic mass is 9.49. The highest BCUT2D eigenvalue weighted by molar-refractivity contribution is 5.95. The zero-order valence-electron chi connectivity index (χ0n) is 40.9. The van der Waals surface area contributed by atoms with Crippen molar-refractivity contribution in [1.29, 1.82) is 5.26 Å². The van der Waals surface area contributed by atoms with E-state index in [0.717, 1.165) is 35.4 Å². The van der Waals surface area contributed by atoms with E-state index in [9.17, 15) is 37.5 Å². The number of carbonyl (C=O) groups is 4. The number of aliphatic hydroxyl groups excluding tert-OH is 1. The summed E-state index contributed by atoms with van der Waals surface area (Å²) in [5.74, 6) is -0.455. The summed E-state index contributed by atoms with van der Waals surface area (Å²) >= 11 is 0. The lowest BCUT2D eigenvalue weighted by Crippen LogP contribution is -2.74. The first-order valence-electron chi connectivity index (χ1n) is 23.4. The molecule has 4 aromatic rings. The Bertz CT molecular complexity index is 2510. The molecule has 2 aliphatic rings. The molecule has 1 aromatic heterocycles. The highest BCUT2D eigenvalue weighted by atomic mass is 19.4. The van der Waals surface area contributed by atoms with Gasteiger partial charge in [0.2, 0.25) is 17.7 Å². The minimum atomic E-state index is -4.72. The first kappa shape index (κ1) is 52.9. The number of carbonyl (C=O) groups excluding carboxylic acids is 4. The highest BCUT2D eigenvalue weighted by Crippen LogP contribution is 2.56. The number of benzene rings is 3. The number of hydrogen-bond donors (Lipinski definition) is 4. The molecule has 1 aliphatic heterocycles. The Morgan fingerprint density at radius 1 is 0.943 bits per heavy atom. The number of nitriles is 1. The molecule has 1 saturated heterocycles. The molecule has 18 heteroatoms. The van der Waals surface area contributed by atoms with Crippen LogP contribution in [0.1, 0.15) is 107 Å². The van der Waals surface area contributed by atoms with E-state index >= 15 is 0 Å². The maximum atomic E-state index is 14.0. The van der Waals surface area contributed by atoms with Crippen LogP contribution in [0.2, 0.25) is 0 Å². The molecule has 0 bridgehead atoms. The molecule has 3 aromatic carbocycles. The van der Waals surface area contributed by atoms with Gasteiger partial charge < -0.3 is 44.6 Å². The normalized spacial score (nSPS) is 19.8. The van der Waals surface area contributed by atoms with Crippen LogP contribution in [-0.4, -0.2) is 95.3 Å². The van der Waals surface area contributed by atoms with Crippen molar-refractivity contribution in [2.45, 2.75) is 124 Å². The fourth-order valence-corrected chi connectivity index (χ4v) is 9.60. The molecule has 0 spiro atoms. The van der Waals surface area contributed by atoms with Crippen LogP contribution in [0.4, 0.5) is 13.2 Å². The highest BCUT2D eigenvalue weighted by Gasteiger charge is 2.64. The largest absolute Gasteiger partial charge is 0.494 e. The molecular formula is C52H63F3N6O9. The molecule has 70 heavy (non-hydrogen) atoms. The fraction of sp³-hybridized carbons (Fsp3) is 0.500. The SMILES string of the molecule is Cc1ncoc1-c1ccc(CNC(=O)[C@@H]2C[C@@H](O)CN2C(=O)[C@@H](NC(=O)COCCCCCOc2ccc(C(=O)N[C@H]3C(C)(C)[C@H](Oc4ccc(C#N)c(C(F)(F)F)c4)C3(C)C)cc2)C(C)(C)C)cc1. The van der Waals surface area contributed by atoms with Gasteiger partial charge in [0.1, 0.15) is 36.3 Å². The third-order valence-electron chi connectivity index (χ3n) is 13.0. The van der Waals surface area contributed by atoms with Gasteiger partial charge in [0.25, 0.3) is 5.91 Å². The van der Waals surface area contributed by atoms with E-state index in [0.29, 0.717) is 43.1 Å². The Hall–Kier alpha value is -6.45. The van der Waals surface area contributed by atoms with Crippen molar-refractivity contribution in [2.75, 3.05) is 26.4 Å². The molecule has 4 amide bonds. The van der Waals surface area contributed by atoms with Gasteiger partial charge in [-0.05, 0) is 79.6 Å². The summed E-state index contributed by atoms with van der Waals surface area (Å²) in [5, 5.41) is 28.5. The quantitative estimate of drug-likeness (QED) is 0.0676. The van der Waals surface area contributed by atoms with Crippen molar-refractivity contribution in [1.82, 2.24) is 25.8 Å². The van der Waals surface area contributed by atoms with Crippen LogP contribution in [0.25, 0.3) is 11.3 Å². The van der Waals surface area contributed by atoms with Crippen molar-refractivity contribution in [3.63, 3.8) is 0 Å². The maximum Gasteiger partial charge on any atom is 0.417 e. The van der Waals surface area contributed by atoms with E-state index in [1.807, 2.05) is 79.7 Å². The molecule has 3 atom stereocenters. The second kappa shape index (κ2) is 21.7. The number of rotatable bonds is 19. The van der Waals surface area contributed by atoms with Gasteiger partial charge in [-0.15, -0.1) is 0 Å². The van der Waals surface area contributed by atoms with Crippen molar-refractivity contribution in [3.8, 4) is 28.9 Å². The summed E-state index contributed by atoms with van der Waals surface area (Å²) in [6.45, 7) is 15.4. The van der Waals surface area contributed by atoms with Gasteiger partial charge in [-0.25, -0.2) is 4.98 Å². The van der Waals surface area contributed by atoms with Crippen LogP contribution in [-0.2, 0) is 31.8 Å². The Labute approximate surface area is 406 Å². The van der Waals surface area contributed by atoms with Crippen molar-refractivity contribution >= 4 is 23.6 Å². The predicted molar refractivity (Wildman–Crippen MR) is 252 cm³/mol. The second-order valence-electron chi connectivity index (χ2n) is 20.3. The Kier molecular flexibility index (Phi) is 16.4. The molecule has 4 N–H and O–H groups in total. The summed E-state index contributed by atoms with van der Waals surface area (Å²) in [5.41, 5.74) is -0.724. The first-order chi connectivity index (χ1) is 32.9. The molecule has 2 fully saturated rings. The van der Waals surface area contributed by atoms with E-state index in [1.165, 1.54) is 17.4 Å². The molecule has 6 rings (SSSR count). The van der Waals surface area contributed by atoms with Crippen molar-refractivity contribution in [2.24, 2.45) is 16.2 Å². The van der Waals surface area contributed by atoms with E-state index in [1.54, 1.807) is 30.3 Å². The van der Waals surface area contributed by atoms with Crippen LogP contribution in [0.5, 0.6) is 11.5 Å². The molecule has 15 nitrogen and oxygen atoms in total. The van der Waals surface area contributed by atoms with Gasteiger partial charge in [0, 0.05) is 54.1 Å². The van der Waals surface area contributed by atoms with E-state index in [-0.39, 0.29) is 43.8 Å². The average Bonchev–Trinajstić information content (AvgIpc) is 3.93. The fourth-order valence-electron chi connectivity index (χ4n) is 9.60. The van der Waals surface area contributed by atoms with Crippen LogP contribution in [0.3, 0.4) is 0 Å². The topological polar surface area (TPSA) is 205 Å². The van der Waals surface area contributed by atoms with Crippen LogP contribution in [0.15, 0.2) is 77.5 Å². The van der Waals surface area contributed by atoms with Gasteiger partial charge >= 0.3 is 6.18 Å². The number of aliphatic hydroxyl groups is 1. The van der Waals surface area contributed by atoms with Crippen molar-refractivity contribution < 1.29 is 56.1 Å².